The Bertz CT molecular complexity index is 546. The first kappa shape index (κ1) is 20.7. The van der Waals surface area contributed by atoms with Crippen molar-refractivity contribution in [3.05, 3.63) is 35.4 Å². The van der Waals surface area contributed by atoms with Gasteiger partial charge in [0.1, 0.15) is 0 Å². The number of rotatable bonds is 5. The van der Waals surface area contributed by atoms with Crippen molar-refractivity contribution in [1.82, 2.24) is 0 Å². The molecule has 0 amide bonds. The van der Waals surface area contributed by atoms with Crippen LogP contribution in [0.4, 0.5) is 30.7 Å². The molecule has 0 radical (unpaired) electrons. The van der Waals surface area contributed by atoms with Gasteiger partial charge in [-0.3, -0.25) is 0 Å². The van der Waals surface area contributed by atoms with Gasteiger partial charge < -0.3 is 5.11 Å². The molecule has 0 aliphatic heterocycles. The van der Waals surface area contributed by atoms with Crippen molar-refractivity contribution in [2.45, 2.75) is 63.2 Å². The van der Waals surface area contributed by atoms with Crippen molar-refractivity contribution in [3.63, 3.8) is 0 Å². The van der Waals surface area contributed by atoms with E-state index in [1.165, 1.54) is 18.2 Å². The Hall–Kier alpha value is -1.31. The van der Waals surface area contributed by atoms with Gasteiger partial charge in [-0.05, 0) is 30.4 Å². The van der Waals surface area contributed by atoms with Crippen LogP contribution in [0.5, 0.6) is 0 Å². The normalized spacial score (nSPS) is 17.5. The maximum absolute atomic E-state index is 13.9. The van der Waals surface area contributed by atoms with Gasteiger partial charge in [-0.15, -0.1) is 0 Å². The fraction of sp³-hybridized carbons (Fsp3) is 0.625. The molecule has 2 atom stereocenters. The van der Waals surface area contributed by atoms with Crippen LogP contribution >= 0.6 is 0 Å². The van der Waals surface area contributed by atoms with E-state index in [4.69, 9.17) is 0 Å². The molecule has 0 fully saturated rings. The zero-order valence-electron chi connectivity index (χ0n) is 13.4. The van der Waals surface area contributed by atoms with Crippen LogP contribution in [0, 0.1) is 0 Å². The lowest BCUT2D eigenvalue weighted by atomic mass is 9.82. The highest BCUT2D eigenvalue weighted by atomic mass is 19.4. The molecule has 1 rings (SSSR count). The van der Waals surface area contributed by atoms with Gasteiger partial charge in [0, 0.05) is 6.42 Å². The minimum atomic E-state index is -6.19. The SMILES string of the molecule is CCC(C)c1cccc(C(C)(O)CC(F)(C(F)(F)F)C(F)(F)F)c1. The second-order valence-electron chi connectivity index (χ2n) is 6.18. The van der Waals surface area contributed by atoms with Crippen molar-refractivity contribution in [3.8, 4) is 0 Å². The van der Waals surface area contributed by atoms with Crippen LogP contribution in [0.3, 0.4) is 0 Å². The molecule has 1 N–H and O–H groups in total. The molecule has 0 aromatic heterocycles. The Balaban J connectivity index is 3.29. The largest absolute Gasteiger partial charge is 0.431 e. The first-order valence-corrected chi connectivity index (χ1v) is 7.31. The third-order valence-electron chi connectivity index (χ3n) is 4.18. The maximum atomic E-state index is 13.9. The Morgan fingerprint density at radius 2 is 1.50 bits per heavy atom. The highest BCUT2D eigenvalue weighted by Gasteiger charge is 2.73. The molecule has 0 spiro atoms. The van der Waals surface area contributed by atoms with Crippen molar-refractivity contribution in [2.75, 3.05) is 0 Å². The fourth-order valence-electron chi connectivity index (χ4n) is 2.35. The summed E-state index contributed by atoms with van der Waals surface area (Å²) in [6.07, 6.45) is -13.9. The summed E-state index contributed by atoms with van der Waals surface area (Å²) >= 11 is 0. The summed E-state index contributed by atoms with van der Waals surface area (Å²) in [6, 6.07) is 5.54. The Kier molecular flexibility index (Phi) is 5.65. The molecule has 0 saturated heterocycles. The summed E-state index contributed by atoms with van der Waals surface area (Å²) < 4.78 is 90.1. The van der Waals surface area contributed by atoms with Gasteiger partial charge in [0.15, 0.2) is 0 Å². The molecule has 1 nitrogen and oxygen atoms in total. The number of hydrogen-bond donors (Lipinski definition) is 1. The van der Waals surface area contributed by atoms with E-state index in [-0.39, 0.29) is 11.5 Å². The number of aliphatic hydroxyl groups is 1. The fourth-order valence-corrected chi connectivity index (χ4v) is 2.35. The van der Waals surface area contributed by atoms with Crippen LogP contribution in [0.2, 0.25) is 0 Å². The topological polar surface area (TPSA) is 20.2 Å². The lowest BCUT2D eigenvalue weighted by molar-refractivity contribution is -0.352. The number of hydrogen-bond acceptors (Lipinski definition) is 1. The number of alkyl halides is 7. The first-order valence-electron chi connectivity index (χ1n) is 7.31. The van der Waals surface area contributed by atoms with Gasteiger partial charge in [-0.25, -0.2) is 4.39 Å². The van der Waals surface area contributed by atoms with Crippen LogP contribution < -0.4 is 0 Å². The summed E-state index contributed by atoms with van der Waals surface area (Å²) in [4.78, 5) is 0. The summed E-state index contributed by atoms with van der Waals surface area (Å²) in [6.45, 7) is 4.42. The van der Waals surface area contributed by atoms with Gasteiger partial charge in [0.25, 0.3) is 0 Å². The van der Waals surface area contributed by atoms with Gasteiger partial charge >= 0.3 is 18.0 Å². The smallest absolute Gasteiger partial charge is 0.385 e. The van der Waals surface area contributed by atoms with Gasteiger partial charge in [-0.2, -0.15) is 26.3 Å². The third kappa shape index (κ3) is 4.02. The molecular formula is C16H19F7O. The van der Waals surface area contributed by atoms with E-state index in [2.05, 4.69) is 0 Å². The summed E-state index contributed by atoms with van der Waals surface area (Å²) in [5.41, 5.74) is -7.71. The molecule has 24 heavy (non-hydrogen) atoms. The van der Waals surface area contributed by atoms with Crippen molar-refractivity contribution in [1.29, 1.82) is 0 Å². The van der Waals surface area contributed by atoms with E-state index >= 15 is 0 Å². The Labute approximate surface area is 135 Å². The van der Waals surface area contributed by atoms with Crippen molar-refractivity contribution >= 4 is 0 Å². The van der Waals surface area contributed by atoms with Gasteiger partial charge in [-0.1, -0.05) is 38.1 Å². The molecule has 2 unspecified atom stereocenters. The molecule has 1 aromatic carbocycles. The van der Waals surface area contributed by atoms with Gasteiger partial charge in [0.2, 0.25) is 0 Å². The highest BCUT2D eigenvalue weighted by molar-refractivity contribution is 5.30. The molecule has 0 aliphatic carbocycles. The first-order chi connectivity index (χ1) is 10.7. The zero-order chi connectivity index (χ0) is 19.0. The maximum Gasteiger partial charge on any atom is 0.431 e. The Morgan fingerprint density at radius 1 is 1.00 bits per heavy atom. The van der Waals surface area contributed by atoms with Crippen LogP contribution in [-0.2, 0) is 5.60 Å². The van der Waals surface area contributed by atoms with E-state index in [1.54, 1.807) is 6.07 Å². The predicted molar refractivity (Wildman–Crippen MR) is 75.3 cm³/mol. The van der Waals surface area contributed by atoms with Crippen molar-refractivity contribution < 1.29 is 35.8 Å². The minimum absolute atomic E-state index is 0.0129. The van der Waals surface area contributed by atoms with Crippen LogP contribution in [0.1, 0.15) is 50.7 Å². The molecule has 0 bridgehead atoms. The van der Waals surface area contributed by atoms with E-state index in [1.807, 2.05) is 13.8 Å². The van der Waals surface area contributed by atoms with Crippen molar-refractivity contribution in [2.24, 2.45) is 0 Å². The number of halogens is 7. The van der Waals surface area contributed by atoms with E-state index in [0.717, 1.165) is 6.92 Å². The highest BCUT2D eigenvalue weighted by Crippen LogP contribution is 2.51. The summed E-state index contributed by atoms with van der Waals surface area (Å²) in [5, 5.41) is 10.2. The predicted octanol–water partition coefficient (Wildman–Crippen LogP) is 5.63. The van der Waals surface area contributed by atoms with E-state index in [9.17, 15) is 35.8 Å². The lowest BCUT2D eigenvalue weighted by Gasteiger charge is -2.36. The van der Waals surface area contributed by atoms with E-state index in [0.29, 0.717) is 12.0 Å². The average Bonchev–Trinajstić information content (AvgIpc) is 2.43. The van der Waals surface area contributed by atoms with Gasteiger partial charge in [0.05, 0.1) is 5.60 Å². The number of benzene rings is 1. The molecule has 0 heterocycles. The third-order valence-corrected chi connectivity index (χ3v) is 4.18. The average molecular weight is 360 g/mol. The summed E-state index contributed by atoms with van der Waals surface area (Å²) in [7, 11) is 0. The molecule has 0 saturated carbocycles. The molecule has 0 aliphatic rings. The standard InChI is InChI=1S/C16H19F7O/c1-4-10(2)11-6-5-7-12(8-11)13(3,24)9-14(17,15(18,19)20)16(21,22)23/h5-8,10,24H,4,9H2,1-3H3. The second-order valence-corrected chi connectivity index (χ2v) is 6.18. The molecular weight excluding hydrogens is 341 g/mol. The Morgan fingerprint density at radius 3 is 1.92 bits per heavy atom. The summed E-state index contributed by atoms with van der Waals surface area (Å²) in [5.74, 6) is -0.0129. The monoisotopic (exact) mass is 360 g/mol. The zero-order valence-corrected chi connectivity index (χ0v) is 13.4. The van der Waals surface area contributed by atoms with Crippen LogP contribution in [0.15, 0.2) is 24.3 Å². The minimum Gasteiger partial charge on any atom is -0.385 e. The van der Waals surface area contributed by atoms with Crippen LogP contribution in [-0.4, -0.2) is 23.1 Å². The molecule has 1 aromatic rings. The second kappa shape index (κ2) is 6.54. The lowest BCUT2D eigenvalue weighted by Crippen LogP contribution is -2.56. The van der Waals surface area contributed by atoms with E-state index < -0.39 is 30.0 Å². The molecule has 138 valence electrons. The quantitative estimate of drug-likeness (QED) is 0.675. The van der Waals surface area contributed by atoms with Crippen LogP contribution in [0.25, 0.3) is 0 Å². The molecule has 8 heteroatoms.